The molecule has 0 fully saturated rings. The van der Waals surface area contributed by atoms with Crippen LogP contribution in [0.3, 0.4) is 0 Å². The fraction of sp³-hybridized carbons (Fsp3) is 0.933. The summed E-state index contributed by atoms with van der Waals surface area (Å²) in [5, 5.41) is 12.7. The van der Waals surface area contributed by atoms with Gasteiger partial charge in [-0.25, -0.2) is 0 Å². The molecular weight excluding hydrogens is 224 g/mol. The molecule has 3 nitrogen and oxygen atoms in total. The van der Waals surface area contributed by atoms with Crippen molar-refractivity contribution < 1.29 is 4.74 Å². The topological polar surface area (TPSA) is 45.0 Å². The summed E-state index contributed by atoms with van der Waals surface area (Å²) in [7, 11) is 0. The average molecular weight is 254 g/mol. The van der Waals surface area contributed by atoms with Crippen molar-refractivity contribution >= 4 is 0 Å². The fourth-order valence-corrected chi connectivity index (χ4v) is 1.97. The summed E-state index contributed by atoms with van der Waals surface area (Å²) in [6.07, 6.45) is 3.76. The fourth-order valence-electron chi connectivity index (χ4n) is 1.97. The quantitative estimate of drug-likeness (QED) is 0.607. The van der Waals surface area contributed by atoms with Crippen molar-refractivity contribution in [1.82, 2.24) is 5.32 Å². The maximum atomic E-state index is 9.35. The summed E-state index contributed by atoms with van der Waals surface area (Å²) in [5.74, 6) is 0.696. The van der Waals surface area contributed by atoms with E-state index >= 15 is 0 Å². The van der Waals surface area contributed by atoms with E-state index in [4.69, 9.17) is 4.74 Å². The molecule has 0 aromatic carbocycles. The van der Waals surface area contributed by atoms with E-state index in [0.29, 0.717) is 12.0 Å². The number of rotatable bonds is 10. The minimum atomic E-state index is -0.379. The highest BCUT2D eigenvalue weighted by atomic mass is 16.5. The maximum absolute atomic E-state index is 9.35. The van der Waals surface area contributed by atoms with Crippen molar-refractivity contribution in [2.45, 2.75) is 71.9 Å². The number of nitrogens with one attached hydrogen (secondary N) is 1. The summed E-state index contributed by atoms with van der Waals surface area (Å²) in [5.41, 5.74) is -0.379. The molecule has 0 spiro atoms. The summed E-state index contributed by atoms with van der Waals surface area (Å²) in [6, 6.07) is 2.78. The van der Waals surface area contributed by atoms with Crippen LogP contribution in [-0.2, 0) is 4.74 Å². The van der Waals surface area contributed by atoms with E-state index in [2.05, 4.69) is 46.0 Å². The standard InChI is InChI=1S/C15H30N2O/c1-6-15(12-16,17-14(4)5)9-7-10-18-11-8-13(2)3/h13-14,17H,6-11H2,1-5H3. The van der Waals surface area contributed by atoms with Crippen LogP contribution in [0.25, 0.3) is 0 Å². The van der Waals surface area contributed by atoms with Gasteiger partial charge >= 0.3 is 0 Å². The van der Waals surface area contributed by atoms with Crippen LogP contribution in [0.5, 0.6) is 0 Å². The lowest BCUT2D eigenvalue weighted by atomic mass is 9.91. The number of nitrogens with zero attached hydrogens (tertiary/aromatic N) is 1. The summed E-state index contributed by atoms with van der Waals surface area (Å²) in [4.78, 5) is 0. The molecule has 0 aliphatic heterocycles. The first-order valence-corrected chi connectivity index (χ1v) is 7.22. The average Bonchev–Trinajstić information content (AvgIpc) is 2.31. The Morgan fingerprint density at radius 3 is 2.33 bits per heavy atom. The Balaban J connectivity index is 3.88. The van der Waals surface area contributed by atoms with E-state index in [1.165, 1.54) is 0 Å². The molecular formula is C15H30N2O. The van der Waals surface area contributed by atoms with Crippen LogP contribution < -0.4 is 5.32 Å². The molecule has 0 saturated carbocycles. The predicted molar refractivity (Wildman–Crippen MR) is 76.4 cm³/mol. The Morgan fingerprint density at radius 1 is 1.22 bits per heavy atom. The number of hydrogen-bond acceptors (Lipinski definition) is 3. The normalized spacial score (nSPS) is 14.8. The second-order valence-corrected chi connectivity index (χ2v) is 5.74. The van der Waals surface area contributed by atoms with Gasteiger partial charge in [-0.2, -0.15) is 5.26 Å². The molecule has 0 saturated heterocycles. The predicted octanol–water partition coefficient (Wildman–Crippen LogP) is 3.50. The molecule has 0 aromatic rings. The molecule has 0 amide bonds. The molecule has 18 heavy (non-hydrogen) atoms. The highest BCUT2D eigenvalue weighted by Crippen LogP contribution is 2.17. The van der Waals surface area contributed by atoms with E-state index in [-0.39, 0.29) is 5.54 Å². The highest BCUT2D eigenvalue weighted by Gasteiger charge is 2.27. The largest absolute Gasteiger partial charge is 0.381 e. The molecule has 106 valence electrons. The van der Waals surface area contributed by atoms with Gasteiger partial charge in [0.25, 0.3) is 0 Å². The van der Waals surface area contributed by atoms with Gasteiger partial charge in [-0.05, 0) is 45.4 Å². The van der Waals surface area contributed by atoms with Crippen molar-refractivity contribution in [2.24, 2.45) is 5.92 Å². The minimum Gasteiger partial charge on any atom is -0.381 e. The second-order valence-electron chi connectivity index (χ2n) is 5.74. The summed E-state index contributed by atoms with van der Waals surface area (Å²) >= 11 is 0. The van der Waals surface area contributed by atoms with Crippen molar-refractivity contribution in [1.29, 1.82) is 5.26 Å². The van der Waals surface area contributed by atoms with Crippen LogP contribution in [0, 0.1) is 17.2 Å². The SMILES string of the molecule is CCC(C#N)(CCCOCCC(C)C)NC(C)C. The first-order chi connectivity index (χ1) is 8.45. The van der Waals surface area contributed by atoms with E-state index < -0.39 is 0 Å². The van der Waals surface area contributed by atoms with Crippen LogP contribution in [-0.4, -0.2) is 24.8 Å². The molecule has 1 N–H and O–H groups in total. The first-order valence-electron chi connectivity index (χ1n) is 7.22. The molecule has 0 aliphatic rings. The third-order valence-electron chi connectivity index (χ3n) is 3.11. The third kappa shape index (κ3) is 7.68. The van der Waals surface area contributed by atoms with Gasteiger partial charge in [0, 0.05) is 19.3 Å². The van der Waals surface area contributed by atoms with Crippen LogP contribution in [0.4, 0.5) is 0 Å². The number of nitriles is 1. The van der Waals surface area contributed by atoms with Crippen LogP contribution in [0.2, 0.25) is 0 Å². The lowest BCUT2D eigenvalue weighted by Gasteiger charge is -2.29. The lowest BCUT2D eigenvalue weighted by Crippen LogP contribution is -2.47. The Morgan fingerprint density at radius 2 is 1.89 bits per heavy atom. The minimum absolute atomic E-state index is 0.339. The molecule has 1 atom stereocenters. The Bertz CT molecular complexity index is 245. The first kappa shape index (κ1) is 17.4. The zero-order valence-corrected chi connectivity index (χ0v) is 12.8. The van der Waals surface area contributed by atoms with Crippen molar-refractivity contribution in [3.63, 3.8) is 0 Å². The van der Waals surface area contributed by atoms with Crippen molar-refractivity contribution in [3.05, 3.63) is 0 Å². The molecule has 0 aromatic heterocycles. The van der Waals surface area contributed by atoms with Gasteiger partial charge < -0.3 is 4.74 Å². The van der Waals surface area contributed by atoms with Crippen molar-refractivity contribution in [3.8, 4) is 6.07 Å². The second kappa shape index (κ2) is 9.35. The van der Waals surface area contributed by atoms with Gasteiger partial charge in [0.1, 0.15) is 5.54 Å². The van der Waals surface area contributed by atoms with Crippen molar-refractivity contribution in [2.75, 3.05) is 13.2 Å². The van der Waals surface area contributed by atoms with Gasteiger partial charge in [0.15, 0.2) is 0 Å². The molecule has 0 radical (unpaired) electrons. The van der Waals surface area contributed by atoms with Crippen LogP contribution in [0.15, 0.2) is 0 Å². The molecule has 0 heterocycles. The van der Waals surface area contributed by atoms with Gasteiger partial charge in [-0.15, -0.1) is 0 Å². The van der Waals surface area contributed by atoms with E-state index in [1.807, 2.05) is 0 Å². The van der Waals surface area contributed by atoms with Gasteiger partial charge in [0.2, 0.25) is 0 Å². The monoisotopic (exact) mass is 254 g/mol. The zero-order chi connectivity index (χ0) is 14.0. The molecule has 1 unspecified atom stereocenters. The van der Waals surface area contributed by atoms with Gasteiger partial charge in [0.05, 0.1) is 6.07 Å². The van der Waals surface area contributed by atoms with Crippen LogP contribution in [0.1, 0.15) is 60.3 Å². The molecule has 0 rings (SSSR count). The Labute approximate surface area is 113 Å². The summed E-state index contributed by atoms with van der Waals surface area (Å²) < 4.78 is 5.60. The van der Waals surface area contributed by atoms with Crippen LogP contribution >= 0.6 is 0 Å². The van der Waals surface area contributed by atoms with E-state index in [0.717, 1.165) is 38.9 Å². The smallest absolute Gasteiger partial charge is 0.106 e. The summed E-state index contributed by atoms with van der Waals surface area (Å²) in [6.45, 7) is 12.2. The van der Waals surface area contributed by atoms with E-state index in [1.54, 1.807) is 0 Å². The van der Waals surface area contributed by atoms with E-state index in [9.17, 15) is 5.26 Å². The number of hydrogen-bond donors (Lipinski definition) is 1. The molecule has 0 bridgehead atoms. The third-order valence-corrected chi connectivity index (χ3v) is 3.11. The van der Waals surface area contributed by atoms with Gasteiger partial charge in [-0.3, -0.25) is 5.32 Å². The molecule has 0 aliphatic carbocycles. The number of ether oxygens (including phenoxy) is 1. The maximum Gasteiger partial charge on any atom is 0.106 e. The lowest BCUT2D eigenvalue weighted by molar-refractivity contribution is 0.115. The Hall–Kier alpha value is -0.590. The highest BCUT2D eigenvalue weighted by molar-refractivity contribution is 5.06. The van der Waals surface area contributed by atoms with Gasteiger partial charge in [-0.1, -0.05) is 20.8 Å². The molecule has 3 heteroatoms. The zero-order valence-electron chi connectivity index (χ0n) is 12.8. The Kier molecular flexibility index (Phi) is 9.05.